The highest BCUT2D eigenvalue weighted by atomic mass is 79.9. The van der Waals surface area contributed by atoms with Gasteiger partial charge in [-0.05, 0) is 50.6 Å². The summed E-state index contributed by atoms with van der Waals surface area (Å²) in [5.74, 6) is -0.177. The SMILES string of the molecule is CNC(Cc1cc(C)ccc1C)c1ccc(Br)cc1F. The average molecular weight is 336 g/mol. The lowest BCUT2D eigenvalue weighted by Gasteiger charge is -2.19. The Balaban J connectivity index is 2.31. The van der Waals surface area contributed by atoms with E-state index in [-0.39, 0.29) is 11.9 Å². The minimum absolute atomic E-state index is 0.0244. The van der Waals surface area contributed by atoms with Crippen LogP contribution in [0.25, 0.3) is 0 Å². The zero-order chi connectivity index (χ0) is 14.7. The van der Waals surface area contributed by atoms with Crippen LogP contribution in [-0.4, -0.2) is 7.05 Å². The second-order valence-electron chi connectivity index (χ2n) is 5.14. The van der Waals surface area contributed by atoms with Crippen molar-refractivity contribution in [2.45, 2.75) is 26.3 Å². The standard InChI is InChI=1S/C17H19BrFN/c1-11-4-5-12(2)13(8-11)9-17(20-3)15-7-6-14(18)10-16(15)19/h4-8,10,17,20H,9H2,1-3H3. The maximum absolute atomic E-state index is 14.1. The van der Waals surface area contributed by atoms with Crippen LogP contribution in [0, 0.1) is 19.7 Å². The van der Waals surface area contributed by atoms with Gasteiger partial charge in [-0.2, -0.15) is 0 Å². The molecule has 106 valence electrons. The number of hydrogen-bond acceptors (Lipinski definition) is 1. The summed E-state index contributed by atoms with van der Waals surface area (Å²) in [6.07, 6.45) is 0.780. The van der Waals surface area contributed by atoms with Crippen LogP contribution in [0.3, 0.4) is 0 Å². The fraction of sp³-hybridized carbons (Fsp3) is 0.294. The number of halogens is 2. The van der Waals surface area contributed by atoms with Crippen LogP contribution in [0.2, 0.25) is 0 Å². The Bertz CT molecular complexity index is 610. The molecule has 0 saturated heterocycles. The second-order valence-corrected chi connectivity index (χ2v) is 6.06. The maximum atomic E-state index is 14.1. The van der Waals surface area contributed by atoms with Gasteiger partial charge in [0.05, 0.1) is 0 Å². The molecule has 2 aromatic rings. The van der Waals surface area contributed by atoms with Crippen LogP contribution >= 0.6 is 15.9 Å². The average Bonchev–Trinajstić information content (AvgIpc) is 2.40. The zero-order valence-electron chi connectivity index (χ0n) is 12.0. The highest BCUT2D eigenvalue weighted by molar-refractivity contribution is 9.10. The van der Waals surface area contributed by atoms with Gasteiger partial charge in [0.2, 0.25) is 0 Å². The molecule has 1 atom stereocenters. The molecule has 0 spiro atoms. The Morgan fingerprint density at radius 1 is 1.15 bits per heavy atom. The van der Waals surface area contributed by atoms with E-state index in [0.29, 0.717) is 5.56 Å². The molecule has 0 saturated carbocycles. The first-order valence-corrected chi connectivity index (χ1v) is 7.49. The van der Waals surface area contributed by atoms with E-state index in [1.165, 1.54) is 22.8 Å². The maximum Gasteiger partial charge on any atom is 0.129 e. The molecule has 0 amide bonds. The van der Waals surface area contributed by atoms with Crippen LogP contribution in [0.15, 0.2) is 40.9 Å². The third kappa shape index (κ3) is 3.47. The normalized spacial score (nSPS) is 12.4. The highest BCUT2D eigenvalue weighted by Gasteiger charge is 2.15. The van der Waals surface area contributed by atoms with Crippen LogP contribution < -0.4 is 5.32 Å². The number of rotatable bonds is 4. The first-order chi connectivity index (χ1) is 9.51. The van der Waals surface area contributed by atoms with Crippen molar-refractivity contribution in [2.24, 2.45) is 0 Å². The molecule has 0 radical (unpaired) electrons. The van der Waals surface area contributed by atoms with E-state index in [2.05, 4.69) is 53.3 Å². The van der Waals surface area contributed by atoms with Crippen molar-refractivity contribution in [3.63, 3.8) is 0 Å². The topological polar surface area (TPSA) is 12.0 Å². The van der Waals surface area contributed by atoms with Crippen molar-refractivity contribution in [3.8, 4) is 0 Å². The van der Waals surface area contributed by atoms with Gasteiger partial charge >= 0.3 is 0 Å². The highest BCUT2D eigenvalue weighted by Crippen LogP contribution is 2.25. The van der Waals surface area contributed by atoms with Crippen molar-refractivity contribution in [3.05, 3.63) is 68.9 Å². The lowest BCUT2D eigenvalue weighted by atomic mass is 9.95. The summed E-state index contributed by atoms with van der Waals surface area (Å²) in [4.78, 5) is 0. The summed E-state index contributed by atoms with van der Waals surface area (Å²) in [6, 6.07) is 11.6. The van der Waals surface area contributed by atoms with Gasteiger partial charge in [-0.25, -0.2) is 4.39 Å². The Hall–Kier alpha value is -1.19. The lowest BCUT2D eigenvalue weighted by Crippen LogP contribution is -2.20. The molecule has 0 aliphatic carbocycles. The van der Waals surface area contributed by atoms with Gasteiger partial charge in [-0.15, -0.1) is 0 Å². The lowest BCUT2D eigenvalue weighted by molar-refractivity contribution is 0.533. The van der Waals surface area contributed by atoms with E-state index >= 15 is 0 Å². The molecular weight excluding hydrogens is 317 g/mol. The Morgan fingerprint density at radius 2 is 1.90 bits per heavy atom. The first kappa shape index (κ1) is 15.2. The largest absolute Gasteiger partial charge is 0.313 e. The molecular formula is C17H19BrFN. The molecule has 0 bridgehead atoms. The van der Waals surface area contributed by atoms with Crippen LogP contribution in [0.1, 0.15) is 28.3 Å². The van der Waals surface area contributed by atoms with Gasteiger partial charge in [-0.3, -0.25) is 0 Å². The van der Waals surface area contributed by atoms with Crippen molar-refractivity contribution in [2.75, 3.05) is 7.05 Å². The van der Waals surface area contributed by atoms with E-state index in [9.17, 15) is 4.39 Å². The van der Waals surface area contributed by atoms with Gasteiger partial charge in [0.15, 0.2) is 0 Å². The summed E-state index contributed by atoms with van der Waals surface area (Å²) in [5.41, 5.74) is 4.44. The molecule has 1 N–H and O–H groups in total. The molecule has 1 unspecified atom stereocenters. The van der Waals surface area contributed by atoms with Crippen LogP contribution in [-0.2, 0) is 6.42 Å². The Kier molecular flexibility index (Phi) is 4.95. The predicted molar refractivity (Wildman–Crippen MR) is 85.5 cm³/mol. The van der Waals surface area contributed by atoms with Gasteiger partial charge < -0.3 is 5.32 Å². The summed E-state index contributed by atoms with van der Waals surface area (Å²) in [5, 5.41) is 3.22. The molecule has 0 heterocycles. The Labute approximate surface area is 128 Å². The van der Waals surface area contributed by atoms with E-state index in [1.807, 2.05) is 19.2 Å². The molecule has 2 aromatic carbocycles. The Morgan fingerprint density at radius 3 is 2.55 bits per heavy atom. The minimum atomic E-state index is -0.177. The van der Waals surface area contributed by atoms with Crippen LogP contribution in [0.4, 0.5) is 4.39 Å². The third-order valence-corrected chi connectivity index (χ3v) is 4.11. The van der Waals surface area contributed by atoms with Crippen molar-refractivity contribution < 1.29 is 4.39 Å². The fourth-order valence-corrected chi connectivity index (χ4v) is 2.72. The van der Waals surface area contributed by atoms with Crippen molar-refractivity contribution >= 4 is 15.9 Å². The number of likely N-dealkylation sites (N-methyl/N-ethyl adjacent to an activating group) is 1. The molecule has 1 nitrogen and oxygen atoms in total. The number of nitrogens with one attached hydrogen (secondary N) is 1. The van der Waals surface area contributed by atoms with Gasteiger partial charge in [0.25, 0.3) is 0 Å². The van der Waals surface area contributed by atoms with Gasteiger partial charge in [-0.1, -0.05) is 45.8 Å². The number of hydrogen-bond donors (Lipinski definition) is 1. The molecule has 0 aromatic heterocycles. The predicted octanol–water partition coefficient (Wildman–Crippen LogP) is 4.71. The molecule has 0 aliphatic rings. The molecule has 3 heteroatoms. The molecule has 0 aliphatic heterocycles. The smallest absolute Gasteiger partial charge is 0.129 e. The summed E-state index contributed by atoms with van der Waals surface area (Å²) < 4.78 is 14.9. The molecule has 2 rings (SSSR count). The van der Waals surface area contributed by atoms with Gasteiger partial charge in [0.1, 0.15) is 5.82 Å². The third-order valence-electron chi connectivity index (χ3n) is 3.62. The number of benzene rings is 2. The van der Waals surface area contributed by atoms with E-state index in [4.69, 9.17) is 0 Å². The van der Waals surface area contributed by atoms with Crippen molar-refractivity contribution in [1.82, 2.24) is 5.32 Å². The van der Waals surface area contributed by atoms with E-state index < -0.39 is 0 Å². The van der Waals surface area contributed by atoms with Crippen LogP contribution in [0.5, 0.6) is 0 Å². The molecule has 0 fully saturated rings. The van der Waals surface area contributed by atoms with Crippen molar-refractivity contribution in [1.29, 1.82) is 0 Å². The fourth-order valence-electron chi connectivity index (χ4n) is 2.39. The molecule has 20 heavy (non-hydrogen) atoms. The quantitative estimate of drug-likeness (QED) is 0.853. The first-order valence-electron chi connectivity index (χ1n) is 6.69. The minimum Gasteiger partial charge on any atom is -0.313 e. The van der Waals surface area contributed by atoms with Gasteiger partial charge in [0, 0.05) is 16.1 Å². The van der Waals surface area contributed by atoms with E-state index in [0.717, 1.165) is 10.9 Å². The number of aryl methyl sites for hydroxylation is 2. The van der Waals surface area contributed by atoms with E-state index in [1.54, 1.807) is 0 Å². The summed E-state index contributed by atoms with van der Waals surface area (Å²) in [6.45, 7) is 4.18. The second kappa shape index (κ2) is 6.51. The summed E-state index contributed by atoms with van der Waals surface area (Å²) in [7, 11) is 1.87. The monoisotopic (exact) mass is 335 g/mol. The summed E-state index contributed by atoms with van der Waals surface area (Å²) >= 11 is 3.29. The zero-order valence-corrected chi connectivity index (χ0v) is 13.6.